The average Bonchev–Trinajstić information content (AvgIpc) is 1.99. The van der Waals surface area contributed by atoms with Crippen molar-refractivity contribution in [3.8, 4) is 0 Å². The lowest BCUT2D eigenvalue weighted by Gasteiger charge is -2.27. The highest BCUT2D eigenvalue weighted by Crippen LogP contribution is 2.41. The van der Waals surface area contributed by atoms with Crippen molar-refractivity contribution in [2.24, 2.45) is 5.92 Å². The first-order valence-electron chi connectivity index (χ1n) is 3.49. The predicted octanol–water partition coefficient (Wildman–Crippen LogP) is 3.37. The molecule has 0 aromatic heterocycles. The van der Waals surface area contributed by atoms with Gasteiger partial charge >= 0.3 is 0 Å². The van der Waals surface area contributed by atoms with Gasteiger partial charge in [-0.15, -0.1) is 0 Å². The van der Waals surface area contributed by atoms with Crippen LogP contribution in [0.4, 0.5) is 17.6 Å². The molecule has 0 nitrogen and oxygen atoms in total. The Bertz CT molecular complexity index is 262. The highest BCUT2D eigenvalue weighted by Gasteiger charge is 2.43. The van der Waals surface area contributed by atoms with Gasteiger partial charge < -0.3 is 0 Å². The maximum absolute atomic E-state index is 13.2. The fourth-order valence-corrected chi connectivity index (χ4v) is 0.973. The molecule has 68 valence electrons. The number of halogens is 4. The van der Waals surface area contributed by atoms with Gasteiger partial charge in [-0.1, -0.05) is 6.92 Å². The van der Waals surface area contributed by atoms with Crippen LogP contribution in [0.15, 0.2) is 23.6 Å². The van der Waals surface area contributed by atoms with Gasteiger partial charge in [0.05, 0.1) is 5.92 Å². The first-order chi connectivity index (χ1) is 5.37. The molecule has 0 heterocycles. The standard InChI is InChI=1S/C8H8F4/c1-4-7(11)5(9)3-6(10)8(4,2)12/h3-4H,1-2H3/t4-,8+/m0/s1. The first-order valence-corrected chi connectivity index (χ1v) is 3.49. The van der Waals surface area contributed by atoms with Crippen molar-refractivity contribution in [1.29, 1.82) is 0 Å². The van der Waals surface area contributed by atoms with Crippen molar-refractivity contribution >= 4 is 0 Å². The molecule has 0 spiro atoms. The third-order valence-corrected chi connectivity index (χ3v) is 2.14. The maximum Gasteiger partial charge on any atom is 0.168 e. The smallest absolute Gasteiger partial charge is 0.168 e. The fourth-order valence-electron chi connectivity index (χ4n) is 0.973. The van der Waals surface area contributed by atoms with Crippen LogP contribution in [0.1, 0.15) is 13.8 Å². The predicted molar refractivity (Wildman–Crippen MR) is 37.1 cm³/mol. The van der Waals surface area contributed by atoms with Crippen LogP contribution in [-0.4, -0.2) is 5.67 Å². The van der Waals surface area contributed by atoms with Gasteiger partial charge in [0.15, 0.2) is 11.5 Å². The van der Waals surface area contributed by atoms with Crippen LogP contribution in [0.3, 0.4) is 0 Å². The van der Waals surface area contributed by atoms with Gasteiger partial charge in [-0.05, 0) is 6.92 Å². The molecule has 0 aromatic carbocycles. The zero-order valence-corrected chi connectivity index (χ0v) is 6.67. The maximum atomic E-state index is 13.2. The number of alkyl halides is 1. The molecule has 1 rings (SSSR count). The molecule has 4 heteroatoms. The molecule has 0 saturated heterocycles. The third-order valence-electron chi connectivity index (χ3n) is 2.14. The largest absolute Gasteiger partial charge is 0.236 e. The Balaban J connectivity index is 3.16. The minimum absolute atomic E-state index is 0.245. The van der Waals surface area contributed by atoms with Crippen LogP contribution in [0.25, 0.3) is 0 Å². The van der Waals surface area contributed by atoms with E-state index in [0.29, 0.717) is 0 Å². The van der Waals surface area contributed by atoms with Crippen LogP contribution >= 0.6 is 0 Å². The van der Waals surface area contributed by atoms with E-state index in [2.05, 4.69) is 0 Å². The Kier molecular flexibility index (Phi) is 2.02. The van der Waals surface area contributed by atoms with Crippen LogP contribution in [0.5, 0.6) is 0 Å². The van der Waals surface area contributed by atoms with E-state index in [1.165, 1.54) is 0 Å². The highest BCUT2D eigenvalue weighted by atomic mass is 19.2. The second-order valence-electron chi connectivity index (χ2n) is 2.99. The molecule has 1 aliphatic carbocycles. The second kappa shape index (κ2) is 2.61. The Labute approximate surface area is 67.6 Å². The molecule has 0 bridgehead atoms. The topological polar surface area (TPSA) is 0 Å². The van der Waals surface area contributed by atoms with E-state index in [-0.39, 0.29) is 6.08 Å². The minimum atomic E-state index is -2.43. The molecule has 12 heavy (non-hydrogen) atoms. The Morgan fingerprint density at radius 1 is 1.33 bits per heavy atom. The number of hydrogen-bond acceptors (Lipinski definition) is 0. The van der Waals surface area contributed by atoms with Gasteiger partial charge in [0.25, 0.3) is 0 Å². The van der Waals surface area contributed by atoms with Gasteiger partial charge in [-0.25, -0.2) is 17.6 Å². The zero-order chi connectivity index (χ0) is 9.52. The summed E-state index contributed by atoms with van der Waals surface area (Å²) in [5.41, 5.74) is -2.43. The lowest BCUT2D eigenvalue weighted by atomic mass is 9.86. The van der Waals surface area contributed by atoms with Crippen LogP contribution in [-0.2, 0) is 0 Å². The van der Waals surface area contributed by atoms with Crippen molar-refractivity contribution in [3.05, 3.63) is 23.6 Å². The molecule has 0 fully saturated rings. The Morgan fingerprint density at radius 3 is 2.33 bits per heavy atom. The Morgan fingerprint density at radius 2 is 1.83 bits per heavy atom. The minimum Gasteiger partial charge on any atom is -0.236 e. The molecule has 0 N–H and O–H groups in total. The molecule has 0 radical (unpaired) electrons. The van der Waals surface area contributed by atoms with E-state index in [4.69, 9.17) is 0 Å². The average molecular weight is 180 g/mol. The number of hydrogen-bond donors (Lipinski definition) is 0. The van der Waals surface area contributed by atoms with Gasteiger partial charge in [-0.3, -0.25) is 0 Å². The van der Waals surface area contributed by atoms with E-state index in [1.54, 1.807) is 0 Å². The molecule has 0 aliphatic heterocycles. The summed E-state index contributed by atoms with van der Waals surface area (Å²) >= 11 is 0. The molecule has 2 atom stereocenters. The number of allylic oxidation sites excluding steroid dienone is 4. The van der Waals surface area contributed by atoms with E-state index >= 15 is 0 Å². The SMILES string of the molecule is C[C@H]1C(F)=C(F)C=C(F)[C@]1(C)F. The van der Waals surface area contributed by atoms with Gasteiger partial charge in [0.1, 0.15) is 11.7 Å². The summed E-state index contributed by atoms with van der Waals surface area (Å²) in [5.74, 6) is -5.23. The van der Waals surface area contributed by atoms with Gasteiger partial charge in [-0.2, -0.15) is 0 Å². The number of rotatable bonds is 0. The quantitative estimate of drug-likeness (QED) is 0.501. The van der Waals surface area contributed by atoms with E-state index < -0.39 is 29.1 Å². The third kappa shape index (κ3) is 1.15. The summed E-state index contributed by atoms with van der Waals surface area (Å²) in [6.07, 6.45) is 0.245. The first kappa shape index (κ1) is 9.29. The monoisotopic (exact) mass is 180 g/mol. The van der Waals surface area contributed by atoms with Crippen molar-refractivity contribution in [2.45, 2.75) is 19.5 Å². The normalized spacial score (nSPS) is 36.8. The molecule has 0 unspecified atom stereocenters. The summed E-state index contributed by atoms with van der Waals surface area (Å²) < 4.78 is 51.0. The summed E-state index contributed by atoms with van der Waals surface area (Å²) in [7, 11) is 0. The van der Waals surface area contributed by atoms with Crippen LogP contribution < -0.4 is 0 Å². The van der Waals surface area contributed by atoms with E-state index in [0.717, 1.165) is 13.8 Å². The molecule has 1 aliphatic rings. The lowest BCUT2D eigenvalue weighted by molar-refractivity contribution is 0.122. The van der Waals surface area contributed by atoms with Crippen molar-refractivity contribution in [1.82, 2.24) is 0 Å². The molecule has 0 saturated carbocycles. The molecular weight excluding hydrogens is 172 g/mol. The molecule has 0 aromatic rings. The van der Waals surface area contributed by atoms with E-state index in [9.17, 15) is 17.6 Å². The van der Waals surface area contributed by atoms with Crippen LogP contribution in [0, 0.1) is 5.92 Å². The highest BCUT2D eigenvalue weighted by molar-refractivity contribution is 5.31. The van der Waals surface area contributed by atoms with Crippen molar-refractivity contribution < 1.29 is 17.6 Å². The molecular formula is C8H8F4. The van der Waals surface area contributed by atoms with E-state index in [1.807, 2.05) is 0 Å². The Hall–Kier alpha value is -0.800. The summed E-state index contributed by atoms with van der Waals surface area (Å²) in [6, 6.07) is 0. The summed E-state index contributed by atoms with van der Waals surface area (Å²) in [4.78, 5) is 0. The fraction of sp³-hybridized carbons (Fsp3) is 0.500. The van der Waals surface area contributed by atoms with Crippen LogP contribution in [0.2, 0.25) is 0 Å². The van der Waals surface area contributed by atoms with Crippen molar-refractivity contribution in [2.75, 3.05) is 0 Å². The van der Waals surface area contributed by atoms with Crippen molar-refractivity contribution in [3.63, 3.8) is 0 Å². The van der Waals surface area contributed by atoms with Gasteiger partial charge in [0, 0.05) is 6.08 Å². The second-order valence-corrected chi connectivity index (χ2v) is 2.99. The van der Waals surface area contributed by atoms with Gasteiger partial charge in [0.2, 0.25) is 0 Å². The zero-order valence-electron chi connectivity index (χ0n) is 6.67. The molecule has 0 amide bonds. The summed E-state index contributed by atoms with van der Waals surface area (Å²) in [5, 5.41) is 0. The lowest BCUT2D eigenvalue weighted by Crippen LogP contribution is -2.31. The summed E-state index contributed by atoms with van der Waals surface area (Å²) in [6.45, 7) is 1.98.